The number of likely N-dealkylation sites (N-methyl/N-ethyl adjacent to an activating group) is 1. The van der Waals surface area contributed by atoms with Gasteiger partial charge < -0.3 is 16.8 Å². The summed E-state index contributed by atoms with van der Waals surface area (Å²) in [5.41, 5.74) is 14.9. The Morgan fingerprint density at radius 2 is 1.94 bits per heavy atom. The molecular formula is C22H21FN8O2. The number of carbonyl (C=O) groups is 1. The Bertz CT molecular complexity index is 1420. The van der Waals surface area contributed by atoms with Crippen molar-refractivity contribution in [2.45, 2.75) is 20.1 Å². The Balaban J connectivity index is 1.52. The normalized spacial score (nSPS) is 13.8. The molecule has 1 aliphatic rings. The van der Waals surface area contributed by atoms with Crippen molar-refractivity contribution >= 4 is 39.7 Å². The van der Waals surface area contributed by atoms with E-state index < -0.39 is 5.82 Å². The van der Waals surface area contributed by atoms with Crippen LogP contribution in [0.4, 0.5) is 27.4 Å². The van der Waals surface area contributed by atoms with Crippen molar-refractivity contribution in [1.29, 1.82) is 0 Å². The molecule has 1 aromatic carbocycles. The molecule has 0 atom stereocenters. The summed E-state index contributed by atoms with van der Waals surface area (Å²) >= 11 is 0. The van der Waals surface area contributed by atoms with Gasteiger partial charge in [-0.1, -0.05) is 0 Å². The van der Waals surface area contributed by atoms with E-state index in [0.29, 0.717) is 39.2 Å². The zero-order chi connectivity index (χ0) is 23.3. The molecule has 1 aliphatic heterocycles. The molecule has 0 fully saturated rings. The fraction of sp³-hybridized carbons (Fsp3) is 0.182. The van der Waals surface area contributed by atoms with Crippen LogP contribution in [0.15, 0.2) is 36.8 Å². The lowest BCUT2D eigenvalue weighted by molar-refractivity contribution is -0.180. The summed E-state index contributed by atoms with van der Waals surface area (Å²) in [6, 6.07) is 5.23. The Labute approximate surface area is 187 Å². The average Bonchev–Trinajstić information content (AvgIpc) is 3.11. The first-order chi connectivity index (χ1) is 15.8. The number of amides is 1. The van der Waals surface area contributed by atoms with Crippen molar-refractivity contribution in [2.75, 3.05) is 23.8 Å². The number of hydrogen-bond donors (Lipinski definition) is 3. The van der Waals surface area contributed by atoms with Gasteiger partial charge in [0.05, 0.1) is 23.3 Å². The molecule has 0 spiro atoms. The van der Waals surface area contributed by atoms with Crippen LogP contribution < -0.4 is 16.8 Å². The zero-order valence-electron chi connectivity index (χ0n) is 18.0. The molecule has 1 amide bonds. The van der Waals surface area contributed by atoms with Gasteiger partial charge in [0.2, 0.25) is 0 Å². The number of hydrogen-bond acceptors (Lipinski definition) is 8. The van der Waals surface area contributed by atoms with Crippen LogP contribution in [0.25, 0.3) is 21.9 Å². The minimum atomic E-state index is -0.548. The molecular weight excluding hydrogens is 427 g/mol. The van der Waals surface area contributed by atoms with Crippen LogP contribution in [0.5, 0.6) is 0 Å². The Kier molecular flexibility index (Phi) is 4.82. The van der Waals surface area contributed by atoms with Crippen molar-refractivity contribution < 1.29 is 14.0 Å². The van der Waals surface area contributed by atoms with Gasteiger partial charge in [-0.25, -0.2) is 14.4 Å². The van der Waals surface area contributed by atoms with E-state index in [1.54, 1.807) is 43.0 Å². The van der Waals surface area contributed by atoms with E-state index in [2.05, 4.69) is 20.4 Å². The molecule has 3 aromatic heterocycles. The molecule has 4 aromatic rings. The summed E-state index contributed by atoms with van der Waals surface area (Å²) in [5.74, 6) is 0.236. The second-order valence-corrected chi connectivity index (χ2v) is 7.81. The van der Waals surface area contributed by atoms with Gasteiger partial charge in [0.25, 0.3) is 5.91 Å². The van der Waals surface area contributed by atoms with E-state index in [4.69, 9.17) is 16.3 Å². The predicted octanol–water partition coefficient (Wildman–Crippen LogP) is 2.75. The lowest BCUT2D eigenvalue weighted by atomic mass is 9.97. The number of hydroxylamine groups is 2. The largest absolute Gasteiger partial charge is 0.397 e. The minimum absolute atomic E-state index is 0.00291. The maximum Gasteiger partial charge on any atom is 0.267 e. The number of rotatable bonds is 3. The van der Waals surface area contributed by atoms with Crippen LogP contribution in [0.2, 0.25) is 0 Å². The lowest BCUT2D eigenvalue weighted by Gasteiger charge is -2.13. The monoisotopic (exact) mass is 448 g/mol. The number of fused-ring (bicyclic) bond motifs is 2. The second-order valence-electron chi connectivity index (χ2n) is 7.81. The van der Waals surface area contributed by atoms with Crippen LogP contribution in [0.3, 0.4) is 0 Å². The van der Waals surface area contributed by atoms with Gasteiger partial charge in [-0.3, -0.25) is 19.3 Å². The number of pyridine rings is 2. The average molecular weight is 448 g/mol. The standard InChI is InChI=1S/C22H21FN8O2/c1-11-15(6-26-8-17(11)24)14-3-12-4-18(27-7-16(12)22(25)21(14)23)28-19-5-13-10-33-30(2)20(32)9-31(13)29-19/h3-8H,9-10,24-25H2,1-2H3,(H,27,28,29). The number of nitrogens with one attached hydrogen (secondary N) is 1. The molecule has 0 aliphatic carbocycles. The van der Waals surface area contributed by atoms with Crippen LogP contribution >= 0.6 is 0 Å². The fourth-order valence-corrected chi connectivity index (χ4v) is 3.74. The number of benzene rings is 1. The van der Waals surface area contributed by atoms with Crippen molar-refractivity contribution in [3.05, 3.63) is 53.9 Å². The number of nitrogens with zero attached hydrogens (tertiary/aromatic N) is 5. The second kappa shape index (κ2) is 7.71. The third-order valence-corrected chi connectivity index (χ3v) is 5.71. The molecule has 11 heteroatoms. The molecule has 0 radical (unpaired) electrons. The maximum absolute atomic E-state index is 15.1. The maximum atomic E-state index is 15.1. The Morgan fingerprint density at radius 3 is 2.76 bits per heavy atom. The smallest absolute Gasteiger partial charge is 0.267 e. The SMILES string of the molecule is Cc1c(N)cncc1-c1cc2cc(Nc3cc4n(n3)CC(=O)N(C)OC4)ncc2c(N)c1F. The molecule has 168 valence electrons. The highest BCUT2D eigenvalue weighted by molar-refractivity contribution is 5.98. The molecule has 10 nitrogen and oxygen atoms in total. The topological polar surface area (TPSA) is 137 Å². The molecule has 5 rings (SSSR count). The van der Waals surface area contributed by atoms with E-state index in [1.807, 2.05) is 0 Å². The highest BCUT2D eigenvalue weighted by Gasteiger charge is 2.21. The highest BCUT2D eigenvalue weighted by Crippen LogP contribution is 2.36. The lowest BCUT2D eigenvalue weighted by Crippen LogP contribution is -2.27. The van der Waals surface area contributed by atoms with Gasteiger partial charge in [0, 0.05) is 42.0 Å². The van der Waals surface area contributed by atoms with Crippen LogP contribution in [0.1, 0.15) is 11.3 Å². The van der Waals surface area contributed by atoms with Gasteiger partial charge in [-0.05, 0) is 30.0 Å². The van der Waals surface area contributed by atoms with Gasteiger partial charge >= 0.3 is 0 Å². The molecule has 0 bridgehead atoms. The highest BCUT2D eigenvalue weighted by atomic mass is 19.1. The third kappa shape index (κ3) is 3.57. The zero-order valence-corrected chi connectivity index (χ0v) is 18.0. The van der Waals surface area contributed by atoms with Crippen molar-refractivity contribution in [2.24, 2.45) is 0 Å². The number of anilines is 4. The number of aromatic nitrogens is 4. The summed E-state index contributed by atoms with van der Waals surface area (Å²) in [5, 5.41) is 9.91. The summed E-state index contributed by atoms with van der Waals surface area (Å²) in [6.07, 6.45) is 4.60. The summed E-state index contributed by atoms with van der Waals surface area (Å²) in [4.78, 5) is 25.8. The van der Waals surface area contributed by atoms with Gasteiger partial charge in [-0.2, -0.15) is 5.10 Å². The van der Waals surface area contributed by atoms with Crippen LogP contribution in [-0.2, 0) is 22.8 Å². The fourth-order valence-electron chi connectivity index (χ4n) is 3.74. The van der Waals surface area contributed by atoms with Crippen molar-refractivity contribution in [3.8, 4) is 11.1 Å². The number of halogens is 1. The first kappa shape index (κ1) is 20.6. The third-order valence-electron chi connectivity index (χ3n) is 5.71. The number of nitrogen functional groups attached to an aromatic ring is 2. The van der Waals surface area contributed by atoms with Crippen LogP contribution in [0, 0.1) is 12.7 Å². The quantitative estimate of drug-likeness (QED) is 0.407. The Morgan fingerprint density at radius 1 is 1.12 bits per heavy atom. The molecule has 4 heterocycles. The van der Waals surface area contributed by atoms with E-state index in [0.717, 1.165) is 11.3 Å². The molecule has 33 heavy (non-hydrogen) atoms. The predicted molar refractivity (Wildman–Crippen MR) is 122 cm³/mol. The summed E-state index contributed by atoms with van der Waals surface area (Å²) < 4.78 is 16.7. The van der Waals surface area contributed by atoms with E-state index >= 15 is 4.39 Å². The van der Waals surface area contributed by atoms with E-state index in [9.17, 15) is 4.79 Å². The number of carbonyl (C=O) groups excluding carboxylic acids is 1. The molecule has 0 saturated heterocycles. The first-order valence-corrected chi connectivity index (χ1v) is 10.1. The molecule has 0 unspecified atom stereocenters. The Hall–Kier alpha value is -4.25. The summed E-state index contributed by atoms with van der Waals surface area (Å²) in [7, 11) is 1.57. The van der Waals surface area contributed by atoms with Gasteiger partial charge in [0.1, 0.15) is 19.0 Å². The van der Waals surface area contributed by atoms with Crippen LogP contribution in [-0.4, -0.2) is 37.8 Å². The summed E-state index contributed by atoms with van der Waals surface area (Å²) in [6.45, 7) is 2.10. The van der Waals surface area contributed by atoms with Gasteiger partial charge in [0.15, 0.2) is 11.6 Å². The van der Waals surface area contributed by atoms with E-state index in [1.165, 1.54) is 17.5 Å². The van der Waals surface area contributed by atoms with Gasteiger partial charge in [-0.15, -0.1) is 0 Å². The minimum Gasteiger partial charge on any atom is -0.397 e. The molecule has 0 saturated carbocycles. The van der Waals surface area contributed by atoms with Crippen molar-refractivity contribution in [3.63, 3.8) is 0 Å². The number of nitrogens with two attached hydrogens (primary N) is 2. The molecule has 5 N–H and O–H groups in total. The van der Waals surface area contributed by atoms with E-state index in [-0.39, 0.29) is 24.7 Å². The van der Waals surface area contributed by atoms with Crippen molar-refractivity contribution in [1.82, 2.24) is 24.8 Å². The first-order valence-electron chi connectivity index (χ1n) is 10.1.